The molecule has 1 aliphatic carbocycles. The van der Waals surface area contributed by atoms with Crippen LogP contribution in [0.25, 0.3) is 0 Å². The highest BCUT2D eigenvalue weighted by Crippen LogP contribution is 2.72. The average molecular weight is 584 g/mol. The van der Waals surface area contributed by atoms with Gasteiger partial charge in [-0.3, -0.25) is 0 Å². The summed E-state index contributed by atoms with van der Waals surface area (Å²) in [6, 6.07) is 0. The van der Waals surface area contributed by atoms with Gasteiger partial charge in [0.05, 0.1) is 17.6 Å². The maximum Gasteiger partial charge on any atom is 0.244 e. The largest absolute Gasteiger partial charge is 0.368 e. The second-order valence-corrected chi connectivity index (χ2v) is 13.9. The minimum atomic E-state index is -1.96. The summed E-state index contributed by atoms with van der Waals surface area (Å²) in [6.07, 6.45) is -0.309. The first-order valence-electron chi connectivity index (χ1n) is 7.79. The minimum Gasteiger partial charge on any atom is -0.368 e. The Balaban J connectivity index is 1.94. The predicted molar refractivity (Wildman–Crippen MR) is 113 cm³/mol. The third-order valence-corrected chi connectivity index (χ3v) is 8.59. The molecule has 1 saturated carbocycles. The van der Waals surface area contributed by atoms with Crippen LogP contribution in [0.5, 0.6) is 0 Å². The Morgan fingerprint density at radius 3 is 2.04 bits per heavy atom. The molecule has 0 aromatic rings. The maximum atomic E-state index is 6.26. The summed E-state index contributed by atoms with van der Waals surface area (Å²) in [5.74, 6) is -1.67. The lowest BCUT2D eigenvalue weighted by atomic mass is 9.54. The monoisotopic (exact) mass is 579 g/mol. The number of rotatable bonds is 3. The number of alkyl halides is 8. The maximum absolute atomic E-state index is 6.26. The van der Waals surface area contributed by atoms with Crippen molar-refractivity contribution in [3.8, 4) is 0 Å². The van der Waals surface area contributed by atoms with Crippen LogP contribution in [-0.4, -0.2) is 36.2 Å². The molecule has 2 saturated heterocycles. The molecule has 0 spiro atoms. The fraction of sp³-hybridized carbons (Fsp3) is 0.929. The first kappa shape index (κ1) is 24.4. The second-order valence-electron chi connectivity index (χ2n) is 7.03. The Bertz CT molecular complexity index is 591. The van der Waals surface area contributed by atoms with Gasteiger partial charge in [0.15, 0.2) is 0 Å². The molecule has 3 rings (SSSR count). The molecule has 0 unspecified atom stereocenters. The van der Waals surface area contributed by atoms with Gasteiger partial charge >= 0.3 is 0 Å². The van der Waals surface area contributed by atoms with Crippen LogP contribution >= 0.6 is 116 Å². The van der Waals surface area contributed by atoms with Crippen molar-refractivity contribution in [1.82, 2.24) is 0 Å². The summed E-state index contributed by atoms with van der Waals surface area (Å²) in [7, 11) is 0. The summed E-state index contributed by atoms with van der Waals surface area (Å²) in [5.41, 5.74) is -0.768. The van der Waals surface area contributed by atoms with E-state index < -0.39 is 41.6 Å². The molecule has 0 radical (unpaired) electrons. The van der Waals surface area contributed by atoms with E-state index in [1.54, 1.807) is 0 Å². The molecule has 13 heteroatoms. The average Bonchev–Trinajstić information content (AvgIpc) is 2.47. The van der Waals surface area contributed by atoms with E-state index in [9.17, 15) is 0 Å². The quantitative estimate of drug-likeness (QED) is 0.254. The molecule has 27 heavy (non-hydrogen) atoms. The van der Waals surface area contributed by atoms with Gasteiger partial charge in [-0.1, -0.05) is 81.4 Å². The second kappa shape index (κ2) is 7.68. The highest BCUT2D eigenvalue weighted by Gasteiger charge is 2.81. The molecule has 2 aliphatic heterocycles. The normalized spacial score (nSPS) is 42.7. The Morgan fingerprint density at radius 2 is 1.56 bits per heavy atom. The SMILES string of the molecule is C[C@]12[C@H]3CC[C@H](OC(Cl)(Cl)[C-](Cl)Cl)[C@H]1O[C@@]2(C(Cl)(Cl)Cl)O[C@@H](C(Cl)(Cl)Cl)C3. The summed E-state index contributed by atoms with van der Waals surface area (Å²) in [4.78, 5) is -0.346. The molecule has 6 atom stereocenters. The van der Waals surface area contributed by atoms with Crippen molar-refractivity contribution < 1.29 is 14.2 Å². The first-order valence-corrected chi connectivity index (χ1v) is 11.6. The van der Waals surface area contributed by atoms with Gasteiger partial charge in [-0.05, 0) is 25.2 Å². The van der Waals surface area contributed by atoms with Crippen LogP contribution in [0.2, 0.25) is 0 Å². The van der Waals surface area contributed by atoms with Gasteiger partial charge in [0.2, 0.25) is 13.4 Å². The van der Waals surface area contributed by atoms with E-state index in [0.717, 1.165) is 0 Å². The van der Waals surface area contributed by atoms with Crippen LogP contribution in [0.1, 0.15) is 26.2 Å². The molecule has 3 nitrogen and oxygen atoms in total. The zero-order valence-electron chi connectivity index (χ0n) is 13.4. The molecule has 0 aromatic carbocycles. The molecular weight excluding hydrogens is 571 g/mol. The Hall–Kier alpha value is 2.78. The van der Waals surface area contributed by atoms with Crippen LogP contribution in [0, 0.1) is 16.2 Å². The van der Waals surface area contributed by atoms with E-state index in [0.29, 0.717) is 19.3 Å². The Kier molecular flexibility index (Phi) is 6.95. The smallest absolute Gasteiger partial charge is 0.244 e. The molecular formula is C14H13Cl10O3-. The molecule has 3 aliphatic rings. The third kappa shape index (κ3) is 3.90. The first-order chi connectivity index (χ1) is 12.1. The van der Waals surface area contributed by atoms with Crippen molar-refractivity contribution in [1.29, 1.82) is 0 Å². The lowest BCUT2D eigenvalue weighted by Crippen LogP contribution is -2.83. The molecule has 0 N–H and O–H groups in total. The van der Waals surface area contributed by atoms with Gasteiger partial charge in [-0.15, -0.1) is 23.2 Å². The van der Waals surface area contributed by atoms with Crippen molar-refractivity contribution in [2.24, 2.45) is 11.3 Å². The number of hydrogen-bond donors (Lipinski definition) is 0. The third-order valence-electron chi connectivity index (χ3n) is 5.64. The van der Waals surface area contributed by atoms with Crippen molar-refractivity contribution in [3.63, 3.8) is 0 Å². The van der Waals surface area contributed by atoms with Gasteiger partial charge < -0.3 is 37.4 Å². The Labute approximate surface area is 207 Å². The summed E-state index contributed by atoms with van der Waals surface area (Å²) < 4.78 is 12.1. The van der Waals surface area contributed by atoms with Crippen molar-refractivity contribution in [2.45, 2.75) is 62.4 Å². The summed E-state index contributed by atoms with van der Waals surface area (Å²) in [6.45, 7) is 1.88. The zero-order valence-corrected chi connectivity index (χ0v) is 21.0. The molecule has 0 amide bonds. The number of hydrogen-bond acceptors (Lipinski definition) is 3. The highest BCUT2D eigenvalue weighted by atomic mass is 35.6. The molecule has 158 valence electrons. The van der Waals surface area contributed by atoms with Crippen molar-refractivity contribution in [3.05, 3.63) is 4.84 Å². The fourth-order valence-electron chi connectivity index (χ4n) is 4.36. The van der Waals surface area contributed by atoms with Gasteiger partial charge in [0.1, 0.15) is 10.6 Å². The molecule has 3 fully saturated rings. The predicted octanol–water partition coefficient (Wildman–Crippen LogP) is 7.51. The van der Waals surface area contributed by atoms with E-state index in [1.165, 1.54) is 0 Å². The minimum absolute atomic E-state index is 0.0309. The highest BCUT2D eigenvalue weighted by molar-refractivity contribution is 6.69. The topological polar surface area (TPSA) is 27.7 Å². The van der Waals surface area contributed by atoms with Gasteiger partial charge in [-0.2, -0.15) is 0 Å². The zero-order chi connectivity index (χ0) is 20.6. The van der Waals surface area contributed by atoms with Gasteiger partial charge in [-0.25, -0.2) is 0 Å². The lowest BCUT2D eigenvalue weighted by Gasteiger charge is -2.72. The van der Waals surface area contributed by atoms with Crippen molar-refractivity contribution >= 4 is 116 Å². The van der Waals surface area contributed by atoms with Crippen LogP contribution < -0.4 is 0 Å². The summed E-state index contributed by atoms with van der Waals surface area (Å²) >= 11 is 60.5. The fourth-order valence-corrected chi connectivity index (χ4v) is 5.95. The van der Waals surface area contributed by atoms with E-state index in [1.807, 2.05) is 6.92 Å². The van der Waals surface area contributed by atoms with Crippen LogP contribution in [0.4, 0.5) is 0 Å². The van der Waals surface area contributed by atoms with Crippen molar-refractivity contribution in [2.75, 3.05) is 0 Å². The molecule has 0 bridgehead atoms. The summed E-state index contributed by atoms with van der Waals surface area (Å²) in [5, 5.41) is 0. The Morgan fingerprint density at radius 1 is 0.963 bits per heavy atom. The van der Waals surface area contributed by atoms with Crippen LogP contribution in [0.15, 0.2) is 0 Å². The van der Waals surface area contributed by atoms with E-state index in [4.69, 9.17) is 130 Å². The number of ether oxygens (including phenoxy) is 3. The van der Waals surface area contributed by atoms with Crippen LogP contribution in [0.3, 0.4) is 0 Å². The van der Waals surface area contributed by atoms with E-state index in [2.05, 4.69) is 0 Å². The van der Waals surface area contributed by atoms with E-state index in [-0.39, 0.29) is 10.8 Å². The van der Waals surface area contributed by atoms with Gasteiger partial charge in [0.25, 0.3) is 0 Å². The molecule has 0 aromatic heterocycles. The number of halogens is 10. The van der Waals surface area contributed by atoms with Crippen LogP contribution in [-0.2, 0) is 14.2 Å². The van der Waals surface area contributed by atoms with E-state index >= 15 is 0 Å². The standard InChI is InChI=1S/C14H13Cl10O3/c1-10-5-2-3-6(25-12(20,21)9(15)16)8(10)27-13(10,14(22,23)24)26-7(4-5)11(17,18)19/h5-8H,2-4H2,1H3/q-1/t5-,6-,7+,8+,10-,13-/m0/s1. The molecule has 2 heterocycles. The lowest BCUT2D eigenvalue weighted by molar-refractivity contribution is -0.486. The van der Waals surface area contributed by atoms with Gasteiger partial charge in [0, 0.05) is 0 Å².